The van der Waals surface area contributed by atoms with E-state index in [0.29, 0.717) is 13.1 Å². The quantitative estimate of drug-likeness (QED) is 0.558. The minimum absolute atomic E-state index is 0.226. The van der Waals surface area contributed by atoms with Gasteiger partial charge in [-0.25, -0.2) is 9.29 Å². The summed E-state index contributed by atoms with van der Waals surface area (Å²) in [6.07, 6.45) is -0.365. The van der Waals surface area contributed by atoms with E-state index in [1.165, 1.54) is 31.4 Å². The molecule has 3 fully saturated rings. The highest BCUT2D eigenvalue weighted by atomic mass is 19.1. The smallest absolute Gasteiger partial charge is 0.307 e. The highest BCUT2D eigenvalue weighted by Crippen LogP contribution is 2.57. The molecule has 4 atom stereocenters. The van der Waals surface area contributed by atoms with Crippen molar-refractivity contribution < 1.29 is 28.3 Å². The van der Waals surface area contributed by atoms with Gasteiger partial charge in [0, 0.05) is 19.1 Å². The van der Waals surface area contributed by atoms with Crippen LogP contribution >= 0.6 is 0 Å². The first-order chi connectivity index (χ1) is 15.9. The summed E-state index contributed by atoms with van der Waals surface area (Å²) < 4.78 is 18.4. The SMILES string of the molecule is COC(=O)C[C@]12C(=O)NCCN1[C@H](c1ccccc1)[C@H]1C(=O)N(c3ccc(F)cc3)C(=O)[C@@H]12. The number of carbonyl (C=O) groups excluding carboxylic acids is 4. The normalized spacial score (nSPS) is 29.0. The summed E-state index contributed by atoms with van der Waals surface area (Å²) in [7, 11) is 1.22. The summed E-state index contributed by atoms with van der Waals surface area (Å²) in [5, 5.41) is 2.79. The first-order valence-corrected chi connectivity index (χ1v) is 10.7. The lowest BCUT2D eigenvalue weighted by atomic mass is 9.76. The Morgan fingerprint density at radius 3 is 2.45 bits per heavy atom. The van der Waals surface area contributed by atoms with Gasteiger partial charge >= 0.3 is 5.97 Å². The van der Waals surface area contributed by atoms with E-state index in [0.717, 1.165) is 10.5 Å². The molecule has 1 N–H and O–H groups in total. The third-order valence-corrected chi connectivity index (χ3v) is 6.95. The fourth-order valence-electron chi connectivity index (χ4n) is 5.65. The largest absolute Gasteiger partial charge is 0.469 e. The van der Waals surface area contributed by atoms with Crippen molar-refractivity contribution in [2.75, 3.05) is 25.1 Å². The van der Waals surface area contributed by atoms with Gasteiger partial charge in [-0.15, -0.1) is 0 Å². The predicted molar refractivity (Wildman–Crippen MR) is 114 cm³/mol. The summed E-state index contributed by atoms with van der Waals surface area (Å²) in [4.78, 5) is 56.3. The van der Waals surface area contributed by atoms with Crippen molar-refractivity contribution in [3.63, 3.8) is 0 Å². The lowest BCUT2D eigenvalue weighted by Gasteiger charge is -2.45. The van der Waals surface area contributed by atoms with Crippen LogP contribution in [-0.4, -0.2) is 54.3 Å². The van der Waals surface area contributed by atoms with Gasteiger partial charge in [0.15, 0.2) is 0 Å². The van der Waals surface area contributed by atoms with Gasteiger partial charge in [-0.05, 0) is 29.8 Å². The van der Waals surface area contributed by atoms with Crippen LogP contribution in [0.5, 0.6) is 0 Å². The number of hydrogen-bond donors (Lipinski definition) is 1. The maximum atomic E-state index is 13.8. The van der Waals surface area contributed by atoms with Gasteiger partial charge < -0.3 is 10.1 Å². The molecule has 5 rings (SSSR count). The molecule has 0 radical (unpaired) electrons. The summed E-state index contributed by atoms with van der Waals surface area (Å²) >= 11 is 0. The fraction of sp³-hybridized carbons (Fsp3) is 0.333. The highest BCUT2D eigenvalue weighted by molar-refractivity contribution is 6.24. The fourth-order valence-corrected chi connectivity index (χ4v) is 5.65. The van der Waals surface area contributed by atoms with E-state index in [1.54, 1.807) is 0 Å². The van der Waals surface area contributed by atoms with E-state index in [4.69, 9.17) is 4.74 Å². The molecule has 33 heavy (non-hydrogen) atoms. The van der Waals surface area contributed by atoms with Crippen LogP contribution in [0.25, 0.3) is 0 Å². The molecule has 8 nitrogen and oxygen atoms in total. The number of halogens is 1. The van der Waals surface area contributed by atoms with E-state index in [1.807, 2.05) is 35.2 Å². The molecule has 2 aromatic carbocycles. The molecule has 170 valence electrons. The van der Waals surface area contributed by atoms with Crippen molar-refractivity contribution >= 4 is 29.4 Å². The molecule has 3 aliphatic heterocycles. The van der Waals surface area contributed by atoms with Crippen molar-refractivity contribution in [2.24, 2.45) is 11.8 Å². The molecule has 0 unspecified atom stereocenters. The Kier molecular flexibility index (Phi) is 5.01. The second-order valence-electron chi connectivity index (χ2n) is 8.47. The number of hydrogen-bond acceptors (Lipinski definition) is 6. The Morgan fingerprint density at radius 1 is 1.09 bits per heavy atom. The number of methoxy groups -OCH3 is 1. The van der Waals surface area contributed by atoms with Gasteiger partial charge in [0.1, 0.15) is 11.4 Å². The number of nitrogens with zero attached hydrogens (tertiary/aromatic N) is 2. The predicted octanol–water partition coefficient (Wildman–Crippen LogP) is 1.42. The maximum Gasteiger partial charge on any atom is 0.307 e. The molecule has 2 aromatic rings. The number of ether oxygens (including phenoxy) is 1. The van der Waals surface area contributed by atoms with Gasteiger partial charge in [0.05, 0.1) is 31.1 Å². The Morgan fingerprint density at radius 2 is 1.79 bits per heavy atom. The summed E-state index contributed by atoms with van der Waals surface area (Å²) in [6, 6.07) is 13.7. The van der Waals surface area contributed by atoms with Gasteiger partial charge in [0.25, 0.3) is 0 Å². The first kappa shape index (κ1) is 21.3. The van der Waals surface area contributed by atoms with E-state index in [-0.39, 0.29) is 12.1 Å². The monoisotopic (exact) mass is 451 g/mol. The van der Waals surface area contributed by atoms with Crippen molar-refractivity contribution in [2.45, 2.75) is 18.0 Å². The average molecular weight is 451 g/mol. The molecule has 0 saturated carbocycles. The van der Waals surface area contributed by atoms with Crippen molar-refractivity contribution in [3.8, 4) is 0 Å². The lowest BCUT2D eigenvalue weighted by molar-refractivity contribution is -0.154. The van der Waals surface area contributed by atoms with Crippen LogP contribution in [0.3, 0.4) is 0 Å². The number of piperazine rings is 1. The Bertz CT molecular complexity index is 1140. The molecular weight excluding hydrogens is 429 g/mol. The first-order valence-electron chi connectivity index (χ1n) is 10.7. The Hall–Kier alpha value is -3.59. The van der Waals surface area contributed by atoms with Crippen molar-refractivity contribution in [1.29, 1.82) is 0 Å². The average Bonchev–Trinajstić information content (AvgIpc) is 3.26. The molecular formula is C24H22FN3O5. The van der Waals surface area contributed by atoms with E-state index >= 15 is 0 Å². The van der Waals surface area contributed by atoms with E-state index in [9.17, 15) is 23.6 Å². The number of amides is 3. The van der Waals surface area contributed by atoms with Gasteiger partial charge in [-0.1, -0.05) is 30.3 Å². The van der Waals surface area contributed by atoms with Crippen LogP contribution in [-0.2, 0) is 23.9 Å². The third-order valence-electron chi connectivity index (χ3n) is 6.95. The number of benzene rings is 2. The number of fused-ring (bicyclic) bond motifs is 3. The van der Waals surface area contributed by atoms with Crippen LogP contribution in [0.1, 0.15) is 18.0 Å². The van der Waals surface area contributed by atoms with Crippen molar-refractivity contribution in [3.05, 3.63) is 66.0 Å². The van der Waals surface area contributed by atoms with Crippen LogP contribution in [0.15, 0.2) is 54.6 Å². The number of imide groups is 1. The molecule has 3 aliphatic rings. The lowest BCUT2D eigenvalue weighted by Crippen LogP contribution is -2.67. The van der Waals surface area contributed by atoms with E-state index in [2.05, 4.69) is 5.32 Å². The molecule has 3 heterocycles. The molecule has 0 spiro atoms. The zero-order valence-electron chi connectivity index (χ0n) is 17.9. The number of nitrogens with one attached hydrogen (secondary N) is 1. The van der Waals surface area contributed by atoms with Gasteiger partial charge in [0.2, 0.25) is 17.7 Å². The molecule has 0 aliphatic carbocycles. The summed E-state index contributed by atoms with van der Waals surface area (Å²) in [6.45, 7) is 0.695. The summed E-state index contributed by atoms with van der Waals surface area (Å²) in [5.41, 5.74) is -0.572. The summed E-state index contributed by atoms with van der Waals surface area (Å²) in [5.74, 6) is -4.67. The molecule has 9 heteroatoms. The Labute approximate surface area is 189 Å². The highest BCUT2D eigenvalue weighted by Gasteiger charge is 2.73. The number of esters is 1. The van der Waals surface area contributed by atoms with Crippen LogP contribution < -0.4 is 10.2 Å². The maximum absolute atomic E-state index is 13.8. The van der Waals surface area contributed by atoms with Crippen molar-refractivity contribution in [1.82, 2.24) is 10.2 Å². The van der Waals surface area contributed by atoms with Crippen LogP contribution in [0.4, 0.5) is 10.1 Å². The number of anilines is 1. The minimum Gasteiger partial charge on any atom is -0.469 e. The van der Waals surface area contributed by atoms with E-state index < -0.39 is 52.9 Å². The third kappa shape index (κ3) is 2.99. The molecule has 0 bridgehead atoms. The molecule has 0 aromatic heterocycles. The second-order valence-corrected chi connectivity index (χ2v) is 8.47. The second kappa shape index (κ2) is 7.77. The van der Waals surface area contributed by atoms with Gasteiger partial charge in [-0.2, -0.15) is 0 Å². The number of carbonyl (C=O) groups is 4. The number of rotatable bonds is 4. The standard InChI is InChI=1S/C24H22FN3O5/c1-33-17(29)13-24-19-18(21(30)28(22(19)31)16-9-7-15(25)8-10-16)20(14-5-3-2-4-6-14)27(24)12-11-26-23(24)32/h2-10,18-20H,11-13H2,1H3,(H,26,32)/t18-,19+,20+,24-/m0/s1. The minimum atomic E-state index is -1.57. The molecule has 3 saturated heterocycles. The van der Waals surface area contributed by atoms with Gasteiger partial charge in [-0.3, -0.25) is 24.1 Å². The Balaban J connectivity index is 1.70. The zero-order chi connectivity index (χ0) is 23.3. The van der Waals surface area contributed by atoms with Crippen LogP contribution in [0.2, 0.25) is 0 Å². The molecule has 3 amide bonds. The zero-order valence-corrected chi connectivity index (χ0v) is 17.9. The van der Waals surface area contributed by atoms with Crippen LogP contribution in [0, 0.1) is 17.7 Å². The topological polar surface area (TPSA) is 96.0 Å².